The van der Waals surface area contributed by atoms with Gasteiger partial charge in [-0.25, -0.2) is 0 Å². The smallest absolute Gasteiger partial charge is 0.278 e. The molecule has 1 unspecified atom stereocenters. The summed E-state index contributed by atoms with van der Waals surface area (Å²) in [5, 5.41) is 12.4. The van der Waals surface area contributed by atoms with E-state index in [0.29, 0.717) is 35.6 Å². The van der Waals surface area contributed by atoms with Crippen LogP contribution < -0.4 is 5.32 Å². The van der Waals surface area contributed by atoms with Crippen molar-refractivity contribution in [2.75, 3.05) is 25.0 Å². The van der Waals surface area contributed by atoms with E-state index < -0.39 is 0 Å². The first-order valence-electron chi connectivity index (χ1n) is 11.3. The fourth-order valence-electron chi connectivity index (χ4n) is 4.48. The molecule has 2 aliphatic heterocycles. The van der Waals surface area contributed by atoms with Crippen LogP contribution in [0.3, 0.4) is 0 Å². The first-order valence-corrected chi connectivity index (χ1v) is 11.3. The predicted octanol–water partition coefficient (Wildman–Crippen LogP) is 2.94. The lowest BCUT2D eigenvalue weighted by molar-refractivity contribution is -0.138. The van der Waals surface area contributed by atoms with Crippen LogP contribution in [0.5, 0.6) is 0 Å². The topological polar surface area (TPSA) is 90.0 Å². The molecule has 0 saturated carbocycles. The number of nitrogens with one attached hydrogen (secondary N) is 1. The number of carbonyl (C=O) groups excluding carboxylic acids is 3. The van der Waals surface area contributed by atoms with Crippen molar-refractivity contribution in [3.8, 4) is 0 Å². The molecule has 7 heteroatoms. The predicted molar refractivity (Wildman–Crippen MR) is 126 cm³/mol. The normalized spacial score (nSPS) is 18.8. The zero-order valence-corrected chi connectivity index (χ0v) is 19.0. The Morgan fingerprint density at radius 3 is 2.39 bits per heavy atom. The second-order valence-corrected chi connectivity index (χ2v) is 8.80. The van der Waals surface area contributed by atoms with E-state index in [2.05, 4.69) is 5.32 Å². The standard InChI is InChI=1S/C26H29N3O4/c1-17-5-7-19(8-6-17)15-29-25(32)23(21-9-11-22(12-10-21)27-18(2)31)24(26(29)33)28-13-3-4-20(14-28)16-30/h5-12,20,30H,3-4,13-16H2,1-2H3,(H,27,31). The molecule has 2 heterocycles. The summed E-state index contributed by atoms with van der Waals surface area (Å²) >= 11 is 0. The first kappa shape index (κ1) is 22.7. The van der Waals surface area contributed by atoms with E-state index in [1.54, 1.807) is 24.3 Å². The molecular weight excluding hydrogens is 418 g/mol. The third-order valence-corrected chi connectivity index (χ3v) is 6.19. The van der Waals surface area contributed by atoms with Crippen LogP contribution >= 0.6 is 0 Å². The number of hydrogen-bond donors (Lipinski definition) is 2. The number of aliphatic hydroxyl groups excluding tert-OH is 1. The third kappa shape index (κ3) is 4.83. The van der Waals surface area contributed by atoms with E-state index in [9.17, 15) is 19.5 Å². The van der Waals surface area contributed by atoms with Crippen molar-refractivity contribution >= 4 is 29.0 Å². The minimum absolute atomic E-state index is 0.0553. The lowest BCUT2D eigenvalue weighted by Crippen LogP contribution is -2.40. The number of rotatable bonds is 6. The van der Waals surface area contributed by atoms with Gasteiger partial charge in [0.2, 0.25) is 5.91 Å². The fourth-order valence-corrected chi connectivity index (χ4v) is 4.48. The van der Waals surface area contributed by atoms with Gasteiger partial charge >= 0.3 is 0 Å². The maximum Gasteiger partial charge on any atom is 0.278 e. The number of likely N-dealkylation sites (tertiary alicyclic amines) is 1. The maximum absolute atomic E-state index is 13.6. The summed E-state index contributed by atoms with van der Waals surface area (Å²) in [6, 6.07) is 14.8. The van der Waals surface area contributed by atoms with Crippen molar-refractivity contribution in [3.05, 3.63) is 70.9 Å². The molecule has 0 bridgehead atoms. The van der Waals surface area contributed by atoms with Gasteiger partial charge in [0.15, 0.2) is 0 Å². The number of anilines is 1. The Morgan fingerprint density at radius 1 is 1.06 bits per heavy atom. The highest BCUT2D eigenvalue weighted by atomic mass is 16.3. The van der Waals surface area contributed by atoms with Gasteiger partial charge in [0.05, 0.1) is 12.1 Å². The van der Waals surface area contributed by atoms with E-state index in [1.165, 1.54) is 11.8 Å². The highest BCUT2D eigenvalue weighted by Gasteiger charge is 2.42. The van der Waals surface area contributed by atoms with Gasteiger partial charge in [0.25, 0.3) is 11.8 Å². The molecule has 0 aliphatic carbocycles. The Balaban J connectivity index is 1.70. The number of imide groups is 1. The van der Waals surface area contributed by atoms with Crippen LogP contribution in [-0.2, 0) is 20.9 Å². The zero-order valence-electron chi connectivity index (χ0n) is 19.0. The quantitative estimate of drug-likeness (QED) is 0.665. The van der Waals surface area contributed by atoms with Gasteiger partial charge in [0, 0.05) is 32.3 Å². The summed E-state index contributed by atoms with van der Waals surface area (Å²) < 4.78 is 0. The summed E-state index contributed by atoms with van der Waals surface area (Å²) in [6.07, 6.45) is 1.75. The van der Waals surface area contributed by atoms with Crippen LogP contribution in [-0.4, -0.2) is 52.3 Å². The Morgan fingerprint density at radius 2 is 1.76 bits per heavy atom. The van der Waals surface area contributed by atoms with E-state index in [-0.39, 0.29) is 36.8 Å². The van der Waals surface area contributed by atoms with Gasteiger partial charge in [0.1, 0.15) is 5.70 Å². The van der Waals surface area contributed by atoms with Crippen LogP contribution in [0.4, 0.5) is 5.69 Å². The summed E-state index contributed by atoms with van der Waals surface area (Å²) in [5.74, 6) is -0.736. The molecule has 3 amide bonds. The fraction of sp³-hybridized carbons (Fsp3) is 0.346. The monoisotopic (exact) mass is 447 g/mol. The second-order valence-electron chi connectivity index (χ2n) is 8.80. The van der Waals surface area contributed by atoms with Crippen molar-refractivity contribution in [2.24, 2.45) is 5.92 Å². The molecule has 1 fully saturated rings. The number of nitrogens with zero attached hydrogens (tertiary/aromatic N) is 2. The molecule has 0 spiro atoms. The Hall–Kier alpha value is -3.45. The van der Waals surface area contributed by atoms with E-state index in [4.69, 9.17) is 0 Å². The number of hydrogen-bond acceptors (Lipinski definition) is 5. The molecule has 1 saturated heterocycles. The summed E-state index contributed by atoms with van der Waals surface area (Å²) in [6.45, 7) is 4.89. The van der Waals surface area contributed by atoms with Gasteiger partial charge in [-0.2, -0.15) is 0 Å². The van der Waals surface area contributed by atoms with Gasteiger partial charge in [-0.05, 0) is 48.9 Å². The minimum Gasteiger partial charge on any atom is -0.396 e. The molecule has 1 atom stereocenters. The molecule has 2 N–H and O–H groups in total. The van der Waals surface area contributed by atoms with E-state index in [0.717, 1.165) is 24.0 Å². The van der Waals surface area contributed by atoms with Gasteiger partial charge in [-0.1, -0.05) is 42.0 Å². The average molecular weight is 448 g/mol. The molecule has 2 aromatic carbocycles. The van der Waals surface area contributed by atoms with Crippen LogP contribution in [0.1, 0.15) is 36.5 Å². The van der Waals surface area contributed by atoms with Gasteiger partial charge in [-0.15, -0.1) is 0 Å². The molecule has 7 nitrogen and oxygen atoms in total. The van der Waals surface area contributed by atoms with Crippen molar-refractivity contribution < 1.29 is 19.5 Å². The highest BCUT2D eigenvalue weighted by molar-refractivity contribution is 6.35. The third-order valence-electron chi connectivity index (χ3n) is 6.19. The van der Waals surface area contributed by atoms with Crippen LogP contribution in [0.15, 0.2) is 54.2 Å². The van der Waals surface area contributed by atoms with E-state index >= 15 is 0 Å². The van der Waals surface area contributed by atoms with Crippen molar-refractivity contribution in [2.45, 2.75) is 33.2 Å². The van der Waals surface area contributed by atoms with Gasteiger partial charge in [-0.3, -0.25) is 19.3 Å². The first-order chi connectivity index (χ1) is 15.9. The lowest BCUT2D eigenvalue weighted by atomic mass is 9.97. The molecule has 2 aromatic rings. The number of piperidine rings is 1. The number of carbonyl (C=O) groups is 3. The van der Waals surface area contributed by atoms with Gasteiger partial charge < -0.3 is 15.3 Å². The van der Waals surface area contributed by atoms with Crippen LogP contribution in [0, 0.1) is 12.8 Å². The summed E-state index contributed by atoms with van der Waals surface area (Å²) in [5.41, 5.74) is 4.03. The molecular formula is C26H29N3O4. The molecule has 2 aliphatic rings. The van der Waals surface area contributed by atoms with Crippen LogP contribution in [0.25, 0.3) is 5.57 Å². The minimum atomic E-state index is -0.325. The van der Waals surface area contributed by atoms with Crippen molar-refractivity contribution in [1.82, 2.24) is 9.80 Å². The largest absolute Gasteiger partial charge is 0.396 e. The number of amides is 3. The Kier molecular flexibility index (Phi) is 6.60. The number of benzene rings is 2. The molecule has 0 aromatic heterocycles. The van der Waals surface area contributed by atoms with Crippen molar-refractivity contribution in [3.63, 3.8) is 0 Å². The SMILES string of the molecule is CC(=O)Nc1ccc(C2=C(N3CCCC(CO)C3)C(=O)N(Cc3ccc(C)cc3)C2=O)cc1. The summed E-state index contributed by atoms with van der Waals surface area (Å²) in [7, 11) is 0. The Bertz CT molecular complexity index is 1090. The highest BCUT2D eigenvalue weighted by Crippen LogP contribution is 2.35. The maximum atomic E-state index is 13.6. The number of aliphatic hydroxyl groups is 1. The lowest BCUT2D eigenvalue weighted by Gasteiger charge is -2.34. The molecule has 33 heavy (non-hydrogen) atoms. The summed E-state index contributed by atoms with van der Waals surface area (Å²) in [4.78, 5) is 41.7. The Labute approximate surface area is 193 Å². The number of aryl methyl sites for hydroxylation is 1. The second kappa shape index (κ2) is 9.58. The van der Waals surface area contributed by atoms with Crippen LogP contribution in [0.2, 0.25) is 0 Å². The average Bonchev–Trinajstić information content (AvgIpc) is 3.05. The molecule has 172 valence electrons. The van der Waals surface area contributed by atoms with Crippen molar-refractivity contribution in [1.29, 1.82) is 0 Å². The zero-order chi connectivity index (χ0) is 23.5. The van der Waals surface area contributed by atoms with E-state index in [1.807, 2.05) is 36.1 Å². The molecule has 4 rings (SSSR count). The molecule has 0 radical (unpaired) electrons.